The first kappa shape index (κ1) is 19.1. The van der Waals surface area contributed by atoms with Gasteiger partial charge in [-0.3, -0.25) is 4.79 Å². The fraction of sp³-hybridized carbons (Fsp3) is 0.417. The highest BCUT2D eigenvalue weighted by Crippen LogP contribution is 2.59. The number of epoxide rings is 1. The zero-order valence-corrected chi connectivity index (χ0v) is 17.0. The molecule has 3 saturated heterocycles. The van der Waals surface area contributed by atoms with Gasteiger partial charge in [0.05, 0.1) is 12.7 Å². The Bertz CT molecular complexity index is 944. The highest BCUT2D eigenvalue weighted by molar-refractivity contribution is 5.89. The van der Waals surface area contributed by atoms with Crippen molar-refractivity contribution < 1.29 is 23.8 Å². The molecule has 0 bridgehead atoms. The van der Waals surface area contributed by atoms with E-state index >= 15 is 0 Å². The molecule has 6 nitrogen and oxygen atoms in total. The number of fused-ring (bicyclic) bond motifs is 2. The number of hydrogen-bond donors (Lipinski definition) is 0. The van der Waals surface area contributed by atoms with Gasteiger partial charge in [-0.25, -0.2) is 4.79 Å². The fourth-order valence-corrected chi connectivity index (χ4v) is 5.07. The second-order valence-electron chi connectivity index (χ2n) is 8.21. The third-order valence-corrected chi connectivity index (χ3v) is 6.53. The Morgan fingerprint density at radius 2 is 1.90 bits per heavy atom. The zero-order valence-electron chi connectivity index (χ0n) is 17.0. The highest BCUT2D eigenvalue weighted by atomic mass is 16.6. The van der Waals surface area contributed by atoms with E-state index in [1.54, 1.807) is 19.2 Å². The van der Waals surface area contributed by atoms with Gasteiger partial charge in [-0.2, -0.15) is 0 Å². The lowest BCUT2D eigenvalue weighted by Gasteiger charge is -2.46. The summed E-state index contributed by atoms with van der Waals surface area (Å²) in [6, 6.07) is 16.6. The molecule has 0 saturated carbocycles. The quantitative estimate of drug-likeness (QED) is 0.573. The van der Waals surface area contributed by atoms with Crippen LogP contribution in [0.15, 0.2) is 54.6 Å². The van der Waals surface area contributed by atoms with Gasteiger partial charge in [-0.1, -0.05) is 30.3 Å². The van der Waals surface area contributed by atoms with Crippen molar-refractivity contribution in [2.45, 2.75) is 49.5 Å². The van der Waals surface area contributed by atoms with Crippen LogP contribution in [0.3, 0.4) is 0 Å². The van der Waals surface area contributed by atoms with Crippen LogP contribution in [-0.4, -0.2) is 48.2 Å². The first-order valence-electron chi connectivity index (χ1n) is 10.5. The van der Waals surface area contributed by atoms with Gasteiger partial charge in [-0.15, -0.1) is 0 Å². The molecule has 0 N–H and O–H groups in total. The van der Waals surface area contributed by atoms with Crippen LogP contribution in [-0.2, 0) is 14.3 Å². The topological polar surface area (TPSA) is 68.4 Å². The molecule has 3 aliphatic heterocycles. The molecule has 3 aliphatic rings. The Labute approximate surface area is 175 Å². The van der Waals surface area contributed by atoms with Crippen LogP contribution in [0.2, 0.25) is 0 Å². The molecule has 6 heteroatoms. The minimum absolute atomic E-state index is 0.111. The SMILES string of the molecule is COc1ccc(C2OC23CCCN2C(=O)CC[C@H](OC(=O)c4ccccc4)[C@H]23)cc1. The lowest BCUT2D eigenvalue weighted by molar-refractivity contribution is -0.149. The van der Waals surface area contributed by atoms with Crippen LogP contribution in [0.25, 0.3) is 0 Å². The van der Waals surface area contributed by atoms with E-state index in [0.29, 0.717) is 24.9 Å². The summed E-state index contributed by atoms with van der Waals surface area (Å²) in [6.07, 6.45) is 2.16. The number of ether oxygens (including phenoxy) is 3. The van der Waals surface area contributed by atoms with Crippen LogP contribution < -0.4 is 4.74 Å². The predicted octanol–water partition coefficient (Wildman–Crippen LogP) is 3.52. The lowest BCUT2D eigenvalue weighted by Crippen LogP contribution is -2.62. The van der Waals surface area contributed by atoms with Crippen molar-refractivity contribution in [1.82, 2.24) is 4.90 Å². The number of amides is 1. The van der Waals surface area contributed by atoms with E-state index in [9.17, 15) is 9.59 Å². The van der Waals surface area contributed by atoms with Crippen molar-refractivity contribution in [1.29, 1.82) is 0 Å². The number of benzene rings is 2. The second-order valence-corrected chi connectivity index (χ2v) is 8.21. The van der Waals surface area contributed by atoms with E-state index in [0.717, 1.165) is 24.2 Å². The minimum atomic E-state index is -0.495. The molecule has 3 fully saturated rings. The van der Waals surface area contributed by atoms with E-state index in [1.165, 1.54) is 0 Å². The summed E-state index contributed by atoms with van der Waals surface area (Å²) in [5, 5.41) is 0. The molecule has 30 heavy (non-hydrogen) atoms. The largest absolute Gasteiger partial charge is 0.497 e. The molecule has 2 aromatic carbocycles. The van der Waals surface area contributed by atoms with Crippen LogP contribution in [0.5, 0.6) is 5.75 Å². The first-order valence-corrected chi connectivity index (χ1v) is 10.5. The van der Waals surface area contributed by atoms with Gasteiger partial charge in [0.2, 0.25) is 5.91 Å². The number of nitrogens with zero attached hydrogens (tertiary/aromatic N) is 1. The Morgan fingerprint density at radius 1 is 1.13 bits per heavy atom. The summed E-state index contributed by atoms with van der Waals surface area (Å²) >= 11 is 0. The maximum Gasteiger partial charge on any atom is 0.338 e. The van der Waals surface area contributed by atoms with E-state index in [1.807, 2.05) is 47.4 Å². The third-order valence-electron chi connectivity index (χ3n) is 6.53. The zero-order chi connectivity index (χ0) is 20.7. The van der Waals surface area contributed by atoms with Gasteiger partial charge in [0.1, 0.15) is 29.6 Å². The molecule has 1 spiro atoms. The molecule has 0 aromatic heterocycles. The lowest BCUT2D eigenvalue weighted by atomic mass is 9.78. The maximum absolute atomic E-state index is 12.7. The van der Waals surface area contributed by atoms with E-state index < -0.39 is 5.60 Å². The Balaban J connectivity index is 1.42. The number of rotatable bonds is 4. The van der Waals surface area contributed by atoms with Crippen molar-refractivity contribution in [2.24, 2.45) is 0 Å². The molecule has 0 radical (unpaired) electrons. The fourth-order valence-electron chi connectivity index (χ4n) is 5.07. The van der Waals surface area contributed by atoms with Gasteiger partial charge >= 0.3 is 5.97 Å². The molecule has 3 heterocycles. The van der Waals surface area contributed by atoms with Crippen LogP contribution in [0, 0.1) is 0 Å². The van der Waals surface area contributed by atoms with Gasteiger partial charge in [0, 0.05) is 13.0 Å². The summed E-state index contributed by atoms with van der Waals surface area (Å²) < 4.78 is 17.5. The average molecular weight is 407 g/mol. The molecule has 156 valence electrons. The number of carbonyl (C=O) groups excluding carboxylic acids is 2. The number of piperidine rings is 2. The molecule has 2 unspecified atom stereocenters. The third kappa shape index (κ3) is 3.16. The number of methoxy groups -OCH3 is 1. The molecule has 1 amide bonds. The van der Waals surface area contributed by atoms with Crippen LogP contribution >= 0.6 is 0 Å². The summed E-state index contributed by atoms with van der Waals surface area (Å²) in [5.41, 5.74) is 1.09. The normalized spacial score (nSPS) is 30.0. The van der Waals surface area contributed by atoms with Crippen LogP contribution in [0.1, 0.15) is 47.7 Å². The van der Waals surface area contributed by atoms with Crippen molar-refractivity contribution in [3.8, 4) is 5.75 Å². The maximum atomic E-state index is 12.7. The van der Waals surface area contributed by atoms with Crippen molar-refractivity contribution in [3.63, 3.8) is 0 Å². The van der Waals surface area contributed by atoms with Crippen molar-refractivity contribution >= 4 is 11.9 Å². The minimum Gasteiger partial charge on any atom is -0.497 e. The monoisotopic (exact) mass is 407 g/mol. The number of esters is 1. The van der Waals surface area contributed by atoms with Crippen molar-refractivity contribution in [3.05, 3.63) is 65.7 Å². The second kappa shape index (κ2) is 7.43. The Morgan fingerprint density at radius 3 is 2.63 bits per heavy atom. The molecule has 4 atom stereocenters. The van der Waals surface area contributed by atoms with E-state index in [4.69, 9.17) is 14.2 Å². The number of carbonyl (C=O) groups is 2. The van der Waals surface area contributed by atoms with Gasteiger partial charge in [-0.05, 0) is 49.1 Å². The first-order chi connectivity index (χ1) is 14.6. The van der Waals surface area contributed by atoms with Gasteiger partial charge in [0.25, 0.3) is 0 Å². The Hall–Kier alpha value is -2.86. The predicted molar refractivity (Wildman–Crippen MR) is 109 cm³/mol. The highest BCUT2D eigenvalue weighted by Gasteiger charge is 2.68. The van der Waals surface area contributed by atoms with Crippen molar-refractivity contribution in [2.75, 3.05) is 13.7 Å². The van der Waals surface area contributed by atoms with E-state index in [2.05, 4.69) is 0 Å². The molecular weight excluding hydrogens is 382 g/mol. The molecular formula is C24H25NO5. The summed E-state index contributed by atoms with van der Waals surface area (Å²) in [7, 11) is 1.64. The van der Waals surface area contributed by atoms with Crippen LogP contribution in [0.4, 0.5) is 0 Å². The number of hydrogen-bond acceptors (Lipinski definition) is 5. The summed E-state index contributed by atoms with van der Waals surface area (Å²) in [4.78, 5) is 27.3. The molecule has 2 aromatic rings. The molecule has 5 rings (SSSR count). The molecule has 0 aliphatic carbocycles. The summed E-state index contributed by atoms with van der Waals surface area (Å²) in [6.45, 7) is 0.684. The standard InChI is InChI=1S/C24H25NO5/c1-28-18-10-8-16(9-11-18)22-24(30-22)14-5-15-25-20(26)13-12-19(21(24)25)29-23(27)17-6-3-2-4-7-17/h2-4,6-11,19,21-22H,5,12-15H2,1H3/t19-,21-,22?,24?/m0/s1. The Kier molecular flexibility index (Phi) is 4.74. The van der Waals surface area contributed by atoms with Gasteiger partial charge < -0.3 is 19.1 Å². The summed E-state index contributed by atoms with van der Waals surface area (Å²) in [5.74, 6) is 0.563. The average Bonchev–Trinajstić information content (AvgIpc) is 3.50. The van der Waals surface area contributed by atoms with Gasteiger partial charge in [0.15, 0.2) is 0 Å². The smallest absolute Gasteiger partial charge is 0.338 e. The van der Waals surface area contributed by atoms with E-state index in [-0.39, 0.29) is 30.1 Å².